The number of nitrogens with two attached hydrogens (primary N) is 1. The predicted octanol–water partition coefficient (Wildman–Crippen LogP) is 1.14. The van der Waals surface area contributed by atoms with E-state index in [0.29, 0.717) is 17.9 Å². The molecule has 6 heteroatoms. The van der Waals surface area contributed by atoms with Gasteiger partial charge in [-0.05, 0) is 25.5 Å². The maximum absolute atomic E-state index is 12.0. The van der Waals surface area contributed by atoms with Gasteiger partial charge < -0.3 is 21.0 Å². The molecule has 2 unspecified atom stereocenters. The normalized spacial score (nSPS) is 23.3. The molecule has 0 aliphatic carbocycles. The molecule has 102 valence electrons. The average Bonchev–Trinajstić information content (AvgIpc) is 2.85. The van der Waals surface area contributed by atoms with Crippen LogP contribution in [0, 0.1) is 5.92 Å². The summed E-state index contributed by atoms with van der Waals surface area (Å²) in [6.45, 7) is 2.40. The molecule has 6 nitrogen and oxygen atoms in total. The summed E-state index contributed by atoms with van der Waals surface area (Å²) in [5.41, 5.74) is 6.67. The third kappa shape index (κ3) is 3.23. The van der Waals surface area contributed by atoms with E-state index < -0.39 is 0 Å². The van der Waals surface area contributed by atoms with Crippen molar-refractivity contribution >= 4 is 17.4 Å². The van der Waals surface area contributed by atoms with Crippen molar-refractivity contribution in [3.05, 3.63) is 29.8 Å². The lowest BCUT2D eigenvalue weighted by molar-refractivity contribution is -0.119. The van der Waals surface area contributed by atoms with Gasteiger partial charge in [0.05, 0.1) is 18.6 Å². The fourth-order valence-electron chi connectivity index (χ4n) is 2.06. The molecule has 1 fully saturated rings. The number of nitrogens with one attached hydrogen (secondary N) is 1. The van der Waals surface area contributed by atoms with E-state index in [1.165, 1.54) is 0 Å². The molecular formula is C13H17N3O3. The molecule has 0 saturated carbocycles. The summed E-state index contributed by atoms with van der Waals surface area (Å²) in [6.07, 6.45) is 0.852. The van der Waals surface area contributed by atoms with Crippen LogP contribution in [0.25, 0.3) is 0 Å². The molecule has 2 rings (SSSR count). The Labute approximate surface area is 111 Å². The molecule has 2 atom stereocenters. The third-order valence-corrected chi connectivity index (χ3v) is 3.10. The number of benzene rings is 1. The molecule has 1 saturated heterocycles. The monoisotopic (exact) mass is 263 g/mol. The number of hydrogen-bond donors (Lipinski definition) is 3. The maximum Gasteiger partial charge on any atom is 0.229 e. The van der Waals surface area contributed by atoms with E-state index >= 15 is 0 Å². The minimum absolute atomic E-state index is 0.00826. The molecule has 1 aromatic carbocycles. The average molecular weight is 263 g/mol. The van der Waals surface area contributed by atoms with Gasteiger partial charge in [-0.15, -0.1) is 0 Å². The van der Waals surface area contributed by atoms with Crippen molar-refractivity contribution < 1.29 is 14.7 Å². The molecule has 4 N–H and O–H groups in total. The van der Waals surface area contributed by atoms with Crippen molar-refractivity contribution in [3.63, 3.8) is 0 Å². The van der Waals surface area contributed by atoms with Crippen LogP contribution in [-0.4, -0.2) is 29.7 Å². The van der Waals surface area contributed by atoms with Crippen LogP contribution in [-0.2, 0) is 9.53 Å². The second kappa shape index (κ2) is 5.71. The topological polar surface area (TPSA) is 96.9 Å². The Bertz CT molecular complexity index is 502. The first-order chi connectivity index (χ1) is 9.10. The molecule has 0 bridgehead atoms. The highest BCUT2D eigenvalue weighted by atomic mass is 16.5. The van der Waals surface area contributed by atoms with E-state index in [2.05, 4.69) is 10.5 Å². The lowest BCUT2D eigenvalue weighted by Gasteiger charge is -2.10. The summed E-state index contributed by atoms with van der Waals surface area (Å²) in [6, 6.07) is 6.85. The fourth-order valence-corrected chi connectivity index (χ4v) is 2.06. The number of oxime groups is 1. The highest BCUT2D eigenvalue weighted by Crippen LogP contribution is 2.21. The second-order valence-electron chi connectivity index (χ2n) is 4.63. The molecule has 0 spiro atoms. The van der Waals surface area contributed by atoms with Crippen molar-refractivity contribution in [2.75, 3.05) is 11.9 Å². The fraction of sp³-hybridized carbons (Fsp3) is 0.385. The van der Waals surface area contributed by atoms with Gasteiger partial charge in [-0.3, -0.25) is 4.79 Å². The first-order valence-corrected chi connectivity index (χ1v) is 6.10. The predicted molar refractivity (Wildman–Crippen MR) is 71.1 cm³/mol. The zero-order valence-electron chi connectivity index (χ0n) is 10.7. The summed E-state index contributed by atoms with van der Waals surface area (Å²) >= 11 is 0. The van der Waals surface area contributed by atoms with Gasteiger partial charge in [0.2, 0.25) is 5.91 Å². The molecule has 19 heavy (non-hydrogen) atoms. The Kier molecular flexibility index (Phi) is 4.01. The second-order valence-corrected chi connectivity index (χ2v) is 4.63. The molecule has 1 aliphatic heterocycles. The lowest BCUT2D eigenvalue weighted by Crippen LogP contribution is -2.23. The van der Waals surface area contributed by atoms with Gasteiger partial charge in [-0.1, -0.05) is 17.3 Å². The smallest absolute Gasteiger partial charge is 0.229 e. The zero-order valence-corrected chi connectivity index (χ0v) is 10.7. The van der Waals surface area contributed by atoms with E-state index in [1.54, 1.807) is 24.3 Å². The Morgan fingerprint density at radius 2 is 2.37 bits per heavy atom. The molecule has 1 aromatic rings. The number of nitrogens with zero attached hydrogens (tertiary/aromatic N) is 1. The number of carbonyl (C=O) groups is 1. The molecule has 0 radical (unpaired) electrons. The quantitative estimate of drug-likeness (QED) is 0.330. The van der Waals surface area contributed by atoms with Crippen LogP contribution in [0.5, 0.6) is 0 Å². The molecule has 1 aliphatic rings. The van der Waals surface area contributed by atoms with Gasteiger partial charge in [0, 0.05) is 11.3 Å². The number of carbonyl (C=O) groups excluding carboxylic acids is 1. The van der Waals surface area contributed by atoms with Crippen molar-refractivity contribution in [1.29, 1.82) is 0 Å². The SMILES string of the molecule is CC1CC(C(=O)Nc2cccc(/C(N)=N/O)c2)CO1. The molecule has 1 amide bonds. The van der Waals surface area contributed by atoms with E-state index in [0.717, 1.165) is 6.42 Å². The number of anilines is 1. The Hall–Kier alpha value is -2.08. The van der Waals surface area contributed by atoms with Crippen LogP contribution in [0.3, 0.4) is 0 Å². The summed E-state index contributed by atoms with van der Waals surface area (Å²) < 4.78 is 5.37. The summed E-state index contributed by atoms with van der Waals surface area (Å²) in [4.78, 5) is 12.0. The van der Waals surface area contributed by atoms with Gasteiger partial charge in [-0.25, -0.2) is 0 Å². The number of rotatable bonds is 3. The summed E-state index contributed by atoms with van der Waals surface area (Å²) in [7, 11) is 0. The van der Waals surface area contributed by atoms with Crippen LogP contribution in [0.4, 0.5) is 5.69 Å². The van der Waals surface area contributed by atoms with E-state index in [4.69, 9.17) is 15.7 Å². The first kappa shape index (κ1) is 13.4. The molecule has 1 heterocycles. The maximum atomic E-state index is 12.0. The summed E-state index contributed by atoms with van der Waals surface area (Å²) in [5.74, 6) is -0.183. The van der Waals surface area contributed by atoms with Crippen LogP contribution in [0.2, 0.25) is 0 Å². The third-order valence-electron chi connectivity index (χ3n) is 3.10. The lowest BCUT2D eigenvalue weighted by atomic mass is 10.1. The zero-order chi connectivity index (χ0) is 13.8. The highest BCUT2D eigenvalue weighted by molar-refractivity contribution is 5.99. The number of hydrogen-bond acceptors (Lipinski definition) is 4. The Balaban J connectivity index is 2.05. The molecule has 0 aromatic heterocycles. The minimum atomic E-state index is -0.123. The highest BCUT2D eigenvalue weighted by Gasteiger charge is 2.28. The van der Waals surface area contributed by atoms with Crippen LogP contribution in [0.15, 0.2) is 29.4 Å². The summed E-state index contributed by atoms with van der Waals surface area (Å²) in [5, 5.41) is 14.4. The van der Waals surface area contributed by atoms with Crippen molar-refractivity contribution in [1.82, 2.24) is 0 Å². The molecular weight excluding hydrogens is 246 g/mol. The van der Waals surface area contributed by atoms with Crippen molar-refractivity contribution in [3.8, 4) is 0 Å². The number of amidine groups is 1. The largest absolute Gasteiger partial charge is 0.409 e. The van der Waals surface area contributed by atoms with E-state index in [1.807, 2.05) is 6.92 Å². The van der Waals surface area contributed by atoms with Gasteiger partial charge in [0.25, 0.3) is 0 Å². The van der Waals surface area contributed by atoms with Crippen molar-refractivity contribution in [2.45, 2.75) is 19.4 Å². The van der Waals surface area contributed by atoms with E-state index in [9.17, 15) is 4.79 Å². The van der Waals surface area contributed by atoms with Gasteiger partial charge in [0.15, 0.2) is 5.84 Å². The first-order valence-electron chi connectivity index (χ1n) is 6.10. The van der Waals surface area contributed by atoms with Crippen LogP contribution in [0.1, 0.15) is 18.9 Å². The van der Waals surface area contributed by atoms with Crippen LogP contribution >= 0.6 is 0 Å². The minimum Gasteiger partial charge on any atom is -0.409 e. The van der Waals surface area contributed by atoms with E-state index in [-0.39, 0.29) is 23.8 Å². The standard InChI is InChI=1S/C13H17N3O3/c1-8-5-10(7-19-8)13(17)15-11-4-2-3-9(6-11)12(14)16-18/h2-4,6,8,10,18H,5,7H2,1H3,(H2,14,16)(H,15,17). The Morgan fingerprint density at radius 3 is 3.00 bits per heavy atom. The Morgan fingerprint density at radius 1 is 1.58 bits per heavy atom. The van der Waals surface area contributed by atoms with Crippen molar-refractivity contribution in [2.24, 2.45) is 16.8 Å². The number of ether oxygens (including phenoxy) is 1. The van der Waals surface area contributed by atoms with Gasteiger partial charge in [-0.2, -0.15) is 0 Å². The number of amides is 1. The van der Waals surface area contributed by atoms with Crippen LogP contribution < -0.4 is 11.1 Å². The van der Waals surface area contributed by atoms with Gasteiger partial charge in [0.1, 0.15) is 0 Å². The van der Waals surface area contributed by atoms with Gasteiger partial charge >= 0.3 is 0 Å².